The summed E-state index contributed by atoms with van der Waals surface area (Å²) in [5.74, 6) is 2.91. The van der Waals surface area contributed by atoms with Crippen LogP contribution >= 0.6 is 0 Å². The van der Waals surface area contributed by atoms with Crippen LogP contribution in [0, 0.1) is 49.9 Å². The largest absolute Gasteiger partial charge is 0.482 e. The molecule has 0 aromatic carbocycles. The molecular weight excluding hydrogens is 426 g/mol. The molecule has 0 N–H and O–H groups in total. The van der Waals surface area contributed by atoms with Gasteiger partial charge in [-0.15, -0.1) is 0 Å². The van der Waals surface area contributed by atoms with Crippen molar-refractivity contribution in [2.75, 3.05) is 0 Å². The molecule has 2 bridgehead atoms. The Morgan fingerprint density at radius 2 is 1.90 bits per heavy atom. The van der Waals surface area contributed by atoms with Crippen LogP contribution in [0.25, 0.3) is 0 Å². The molecule has 4 fully saturated rings. The van der Waals surface area contributed by atoms with Gasteiger partial charge in [-0.1, -0.05) is 0 Å². The maximum absolute atomic E-state index is 11.1. The van der Waals surface area contributed by atoms with Crippen molar-refractivity contribution in [1.82, 2.24) is 0 Å². The molecule has 4 aliphatic rings. The number of hydrogen-bond acceptors (Lipinski definition) is 2. The zero-order valence-corrected chi connectivity index (χ0v) is 14.9. The first-order valence-corrected chi connectivity index (χ1v) is 7.61. The van der Waals surface area contributed by atoms with Crippen LogP contribution in [0.2, 0.25) is 0 Å². The molecule has 0 aliphatic heterocycles. The van der Waals surface area contributed by atoms with Gasteiger partial charge in [-0.2, -0.15) is 0 Å². The van der Waals surface area contributed by atoms with Crippen molar-refractivity contribution in [3.8, 4) is 0 Å². The van der Waals surface area contributed by atoms with E-state index >= 15 is 0 Å². The fourth-order valence-corrected chi connectivity index (χ4v) is 5.42. The van der Waals surface area contributed by atoms with E-state index in [0.29, 0.717) is 17.3 Å². The Kier molecular flexibility index (Phi) is 4.34. The Labute approximate surface area is 136 Å². The third kappa shape index (κ3) is 2.07. The number of rotatable bonds is 2. The van der Waals surface area contributed by atoms with Crippen LogP contribution < -0.4 is 0 Å². The Morgan fingerprint density at radius 3 is 2.45 bits per heavy atom. The number of carbonyl (C=O) groups excluding carboxylic acids is 1. The van der Waals surface area contributed by atoms with E-state index in [2.05, 4.69) is 27.7 Å². The van der Waals surface area contributed by atoms with Gasteiger partial charge < -0.3 is 18.6 Å². The maximum atomic E-state index is 11.1. The summed E-state index contributed by atoms with van der Waals surface area (Å²) in [7, 11) is 0. The standard InChI is InChI=1S/C13H17O2.C4H8.Os/c1-7(14)15-12(2)9-3-8-5-13(6-11(12)13)10(8)4-9;1-3-4-2;/h8-11H,1,3-6H2,2H3;1-4H2;/q-1;-2;. The number of carbonyl (C=O) groups is 1. The average molecular weight is 452 g/mol. The average Bonchev–Trinajstić information content (AvgIpc) is 3.04. The van der Waals surface area contributed by atoms with Crippen molar-refractivity contribution in [1.29, 1.82) is 0 Å². The summed E-state index contributed by atoms with van der Waals surface area (Å²) >= 11 is 0. The molecule has 3 heteroatoms. The van der Waals surface area contributed by atoms with Crippen molar-refractivity contribution in [2.45, 2.75) is 51.0 Å². The fraction of sp³-hybridized carbons (Fsp3) is 0.765. The number of hydrogen-bond donors (Lipinski definition) is 0. The second kappa shape index (κ2) is 5.31. The molecule has 0 radical (unpaired) electrons. The Morgan fingerprint density at radius 1 is 1.25 bits per heavy atom. The Balaban J connectivity index is 0.000000265. The number of fused-ring (bicyclic) bond motifs is 1. The second-order valence-corrected chi connectivity index (χ2v) is 7.09. The van der Waals surface area contributed by atoms with Crippen molar-refractivity contribution in [3.63, 3.8) is 0 Å². The van der Waals surface area contributed by atoms with E-state index in [-0.39, 0.29) is 31.4 Å². The first-order chi connectivity index (χ1) is 8.98. The predicted octanol–water partition coefficient (Wildman–Crippen LogP) is 3.62. The van der Waals surface area contributed by atoms with Crippen molar-refractivity contribution >= 4 is 5.97 Å². The molecule has 20 heavy (non-hydrogen) atoms. The van der Waals surface area contributed by atoms with Crippen LogP contribution in [0.3, 0.4) is 0 Å². The molecule has 0 heterocycles. The smallest absolute Gasteiger partial charge is 0.165 e. The number of unbranched alkanes of at least 4 members (excludes halogenated alkanes) is 1. The minimum atomic E-state index is -0.331. The number of ether oxygens (including phenoxy) is 1. The van der Waals surface area contributed by atoms with Gasteiger partial charge in [0.1, 0.15) is 5.60 Å². The minimum absolute atomic E-state index is 0. The van der Waals surface area contributed by atoms with E-state index in [1.807, 2.05) is 0 Å². The monoisotopic (exact) mass is 453 g/mol. The van der Waals surface area contributed by atoms with Crippen LogP contribution in [0.4, 0.5) is 0 Å². The number of esters is 1. The van der Waals surface area contributed by atoms with Gasteiger partial charge in [-0.3, -0.25) is 11.7 Å². The van der Waals surface area contributed by atoms with Gasteiger partial charge in [0, 0.05) is 25.7 Å². The quantitative estimate of drug-likeness (QED) is 0.474. The van der Waals surface area contributed by atoms with Crippen LogP contribution in [-0.4, -0.2) is 11.6 Å². The minimum Gasteiger partial charge on any atom is -0.482 e. The van der Waals surface area contributed by atoms with Gasteiger partial charge in [0.15, 0.2) is 5.97 Å². The van der Waals surface area contributed by atoms with Gasteiger partial charge in [-0.25, -0.2) is 12.8 Å². The van der Waals surface area contributed by atoms with Gasteiger partial charge in [0.25, 0.3) is 0 Å². The zero-order valence-electron chi connectivity index (χ0n) is 12.3. The summed E-state index contributed by atoms with van der Waals surface area (Å²) in [6, 6.07) is 0. The molecule has 0 amide bonds. The van der Waals surface area contributed by atoms with Gasteiger partial charge in [0.2, 0.25) is 0 Å². The zero-order chi connectivity index (χ0) is 13.8. The molecule has 0 aromatic rings. The summed E-state index contributed by atoms with van der Waals surface area (Å²) in [5, 5.41) is 0. The van der Waals surface area contributed by atoms with Crippen molar-refractivity contribution in [2.24, 2.45) is 29.1 Å². The molecule has 6 atom stereocenters. The van der Waals surface area contributed by atoms with Crippen LogP contribution in [0.1, 0.15) is 45.4 Å². The van der Waals surface area contributed by atoms with Crippen LogP contribution in [0.15, 0.2) is 0 Å². The molecule has 4 rings (SSSR count). The first kappa shape index (κ1) is 16.3. The molecule has 0 saturated heterocycles. The molecule has 6 unspecified atom stereocenters. The Hall–Kier alpha value is -0.0236. The topological polar surface area (TPSA) is 26.3 Å². The van der Waals surface area contributed by atoms with Gasteiger partial charge >= 0.3 is 0 Å². The molecule has 4 aliphatic carbocycles. The third-order valence-corrected chi connectivity index (χ3v) is 6.28. The predicted molar refractivity (Wildman–Crippen MR) is 74.7 cm³/mol. The summed E-state index contributed by atoms with van der Waals surface area (Å²) in [5.41, 5.74) is 0.447. The van der Waals surface area contributed by atoms with E-state index in [1.54, 1.807) is 0 Å². The normalized spacial score (nSPS) is 48.8. The van der Waals surface area contributed by atoms with Crippen LogP contribution in [-0.2, 0) is 29.3 Å². The Bertz CT molecular complexity index is 390. The fourth-order valence-electron chi connectivity index (χ4n) is 5.42. The summed E-state index contributed by atoms with van der Waals surface area (Å²) in [4.78, 5) is 11.1. The molecule has 2 nitrogen and oxygen atoms in total. The van der Waals surface area contributed by atoms with Crippen molar-refractivity contribution in [3.05, 3.63) is 20.8 Å². The van der Waals surface area contributed by atoms with Gasteiger partial charge in [-0.05, 0) is 55.8 Å². The van der Waals surface area contributed by atoms with Gasteiger partial charge in [0.05, 0.1) is 0 Å². The first-order valence-electron chi connectivity index (χ1n) is 7.61. The van der Waals surface area contributed by atoms with E-state index < -0.39 is 0 Å². The third-order valence-electron chi connectivity index (χ3n) is 6.28. The molecular formula is C17H25O2Os-3. The summed E-state index contributed by atoms with van der Waals surface area (Å²) in [6.45, 7) is 12.6. The molecule has 1 spiro atoms. The van der Waals surface area contributed by atoms with E-state index in [4.69, 9.17) is 4.74 Å². The van der Waals surface area contributed by atoms with Crippen LogP contribution in [0.5, 0.6) is 0 Å². The summed E-state index contributed by atoms with van der Waals surface area (Å²) in [6.07, 6.45) is 7.26. The second-order valence-electron chi connectivity index (χ2n) is 7.09. The molecule has 116 valence electrons. The van der Waals surface area contributed by atoms with E-state index in [0.717, 1.165) is 24.7 Å². The SMILES string of the molecule is [CH2-]C(=O)OC1(C)C2CC3CC4(CC41)C3C2.[CH2-]CC[CH2-].[Os]. The van der Waals surface area contributed by atoms with Crippen molar-refractivity contribution < 1.29 is 29.3 Å². The molecule has 4 saturated carbocycles. The maximum Gasteiger partial charge on any atom is 0.165 e. The van der Waals surface area contributed by atoms with E-state index in [1.165, 1.54) is 25.7 Å². The summed E-state index contributed by atoms with van der Waals surface area (Å²) < 4.78 is 5.60. The molecule has 0 aromatic heterocycles. The van der Waals surface area contributed by atoms with E-state index in [9.17, 15) is 4.79 Å².